The van der Waals surface area contributed by atoms with E-state index in [9.17, 15) is 0 Å². The molecule has 0 bridgehead atoms. The highest BCUT2D eigenvalue weighted by molar-refractivity contribution is 4.42. The van der Waals surface area contributed by atoms with Crippen molar-refractivity contribution in [1.82, 2.24) is 5.32 Å². The van der Waals surface area contributed by atoms with Crippen molar-refractivity contribution in [2.24, 2.45) is 0 Å². The van der Waals surface area contributed by atoms with Crippen molar-refractivity contribution in [3.63, 3.8) is 0 Å². The first-order valence-electron chi connectivity index (χ1n) is 4.78. The van der Waals surface area contributed by atoms with Gasteiger partial charge in [0, 0.05) is 13.2 Å². The average molecular weight is 175 g/mol. The first kappa shape index (κ1) is 11.9. The van der Waals surface area contributed by atoms with Crippen LogP contribution < -0.4 is 5.32 Å². The number of rotatable bonds is 9. The van der Waals surface area contributed by atoms with Crippen LogP contribution in [0.3, 0.4) is 0 Å². The molecule has 0 atom stereocenters. The van der Waals surface area contributed by atoms with E-state index in [0.29, 0.717) is 13.2 Å². The van der Waals surface area contributed by atoms with Gasteiger partial charge in [-0.2, -0.15) is 0 Å². The molecule has 0 rings (SSSR count). The van der Waals surface area contributed by atoms with Crippen LogP contribution in [-0.2, 0) is 9.47 Å². The van der Waals surface area contributed by atoms with Gasteiger partial charge >= 0.3 is 0 Å². The normalized spacial score (nSPS) is 10.5. The van der Waals surface area contributed by atoms with Crippen LogP contribution in [0.15, 0.2) is 0 Å². The Hall–Kier alpha value is -0.120. The van der Waals surface area contributed by atoms with Gasteiger partial charge in [-0.05, 0) is 19.9 Å². The first-order chi connectivity index (χ1) is 5.91. The molecule has 0 aliphatic rings. The summed E-state index contributed by atoms with van der Waals surface area (Å²) in [6.07, 6.45) is 1.18. The highest BCUT2D eigenvalue weighted by atomic mass is 16.5. The Morgan fingerprint density at radius 3 is 2.33 bits per heavy atom. The summed E-state index contributed by atoms with van der Waals surface area (Å²) in [5, 5.41) is 3.26. The molecule has 0 saturated heterocycles. The molecule has 0 spiro atoms. The molecule has 0 fully saturated rings. The molecule has 0 aromatic carbocycles. The number of nitrogens with one attached hydrogen (secondary N) is 1. The Balaban J connectivity index is 2.73. The molecule has 0 amide bonds. The van der Waals surface area contributed by atoms with E-state index in [1.165, 1.54) is 6.42 Å². The summed E-state index contributed by atoms with van der Waals surface area (Å²) in [5.74, 6) is 0. The average Bonchev–Trinajstić information content (AvgIpc) is 2.10. The predicted molar refractivity (Wildman–Crippen MR) is 50.5 cm³/mol. The van der Waals surface area contributed by atoms with Gasteiger partial charge < -0.3 is 14.8 Å². The van der Waals surface area contributed by atoms with Gasteiger partial charge in [0.15, 0.2) is 0 Å². The van der Waals surface area contributed by atoms with Crippen molar-refractivity contribution in [3.8, 4) is 0 Å². The van der Waals surface area contributed by atoms with Gasteiger partial charge in [0.2, 0.25) is 0 Å². The Morgan fingerprint density at radius 2 is 1.67 bits per heavy atom. The lowest BCUT2D eigenvalue weighted by molar-refractivity contribution is 0.0540. The fourth-order valence-corrected chi connectivity index (χ4v) is 0.810. The molecule has 12 heavy (non-hydrogen) atoms. The Morgan fingerprint density at radius 1 is 0.917 bits per heavy atom. The second kappa shape index (κ2) is 10.9. The van der Waals surface area contributed by atoms with Gasteiger partial charge in [-0.25, -0.2) is 0 Å². The smallest absolute Gasteiger partial charge is 0.0701 e. The molecule has 0 unspecified atom stereocenters. The van der Waals surface area contributed by atoms with Crippen molar-refractivity contribution >= 4 is 0 Å². The maximum atomic E-state index is 5.29. The second-order valence-electron chi connectivity index (χ2n) is 2.56. The van der Waals surface area contributed by atoms with Crippen LogP contribution >= 0.6 is 0 Å². The summed E-state index contributed by atoms with van der Waals surface area (Å²) >= 11 is 0. The maximum Gasteiger partial charge on any atom is 0.0701 e. The number of hydrogen-bond acceptors (Lipinski definition) is 3. The van der Waals surface area contributed by atoms with E-state index in [1.54, 1.807) is 0 Å². The molecule has 3 nitrogen and oxygen atoms in total. The van der Waals surface area contributed by atoms with Crippen LogP contribution in [0.1, 0.15) is 20.3 Å². The Kier molecular flexibility index (Phi) is 10.8. The summed E-state index contributed by atoms with van der Waals surface area (Å²) < 4.78 is 10.4. The first-order valence-corrected chi connectivity index (χ1v) is 4.78. The molecule has 3 heteroatoms. The number of hydrogen-bond donors (Lipinski definition) is 1. The number of ether oxygens (including phenoxy) is 2. The third-order valence-corrected chi connectivity index (χ3v) is 1.43. The summed E-state index contributed by atoms with van der Waals surface area (Å²) in [4.78, 5) is 0. The lowest BCUT2D eigenvalue weighted by Gasteiger charge is -2.04. The summed E-state index contributed by atoms with van der Waals surface area (Å²) in [7, 11) is 0. The van der Waals surface area contributed by atoms with E-state index in [1.807, 2.05) is 6.92 Å². The Bertz CT molecular complexity index is 68.9. The van der Waals surface area contributed by atoms with Crippen molar-refractivity contribution in [1.29, 1.82) is 0 Å². The molecule has 0 saturated carbocycles. The topological polar surface area (TPSA) is 30.5 Å². The third-order valence-electron chi connectivity index (χ3n) is 1.43. The van der Waals surface area contributed by atoms with Crippen molar-refractivity contribution in [3.05, 3.63) is 0 Å². The van der Waals surface area contributed by atoms with E-state index >= 15 is 0 Å². The molecule has 74 valence electrons. The summed E-state index contributed by atoms with van der Waals surface area (Å²) in [6, 6.07) is 0. The van der Waals surface area contributed by atoms with Crippen molar-refractivity contribution in [2.45, 2.75) is 20.3 Å². The van der Waals surface area contributed by atoms with E-state index in [0.717, 1.165) is 26.3 Å². The fraction of sp³-hybridized carbons (Fsp3) is 1.00. The molecule has 0 aromatic heterocycles. The van der Waals surface area contributed by atoms with Crippen LogP contribution in [0.25, 0.3) is 0 Å². The Labute approximate surface area is 75.4 Å². The summed E-state index contributed by atoms with van der Waals surface area (Å²) in [5.41, 5.74) is 0. The molecule has 0 aliphatic heterocycles. The van der Waals surface area contributed by atoms with Gasteiger partial charge in [0.1, 0.15) is 0 Å². The minimum Gasteiger partial charge on any atom is -0.379 e. The minimum absolute atomic E-state index is 0.710. The zero-order chi connectivity index (χ0) is 9.07. The van der Waals surface area contributed by atoms with Crippen LogP contribution in [0.4, 0.5) is 0 Å². The predicted octanol–water partition coefficient (Wildman–Crippen LogP) is 1.04. The highest BCUT2D eigenvalue weighted by Gasteiger charge is 1.87. The van der Waals surface area contributed by atoms with Gasteiger partial charge in [-0.1, -0.05) is 6.92 Å². The van der Waals surface area contributed by atoms with Crippen LogP contribution in [0, 0.1) is 0 Å². The second-order valence-corrected chi connectivity index (χ2v) is 2.56. The quantitative estimate of drug-likeness (QED) is 0.531. The molecule has 0 aliphatic carbocycles. The van der Waals surface area contributed by atoms with E-state index < -0.39 is 0 Å². The van der Waals surface area contributed by atoms with E-state index in [4.69, 9.17) is 9.47 Å². The van der Waals surface area contributed by atoms with Crippen molar-refractivity contribution < 1.29 is 9.47 Å². The monoisotopic (exact) mass is 175 g/mol. The highest BCUT2D eigenvalue weighted by Crippen LogP contribution is 1.77. The van der Waals surface area contributed by atoms with Gasteiger partial charge in [-0.15, -0.1) is 0 Å². The maximum absolute atomic E-state index is 5.29. The van der Waals surface area contributed by atoms with Gasteiger partial charge in [-0.3, -0.25) is 0 Å². The minimum atomic E-state index is 0.710. The zero-order valence-corrected chi connectivity index (χ0v) is 8.27. The molecule has 0 aromatic rings. The lowest BCUT2D eigenvalue weighted by Crippen LogP contribution is -2.21. The van der Waals surface area contributed by atoms with Crippen LogP contribution in [0.5, 0.6) is 0 Å². The van der Waals surface area contributed by atoms with Gasteiger partial charge in [0.05, 0.1) is 19.8 Å². The zero-order valence-electron chi connectivity index (χ0n) is 8.27. The molecule has 1 N–H and O–H groups in total. The van der Waals surface area contributed by atoms with Crippen LogP contribution in [-0.4, -0.2) is 39.5 Å². The lowest BCUT2D eigenvalue weighted by atomic mass is 10.5. The van der Waals surface area contributed by atoms with Crippen molar-refractivity contribution in [2.75, 3.05) is 39.5 Å². The summed E-state index contributed by atoms with van der Waals surface area (Å²) in [6.45, 7) is 9.15. The standard InChI is InChI=1S/C9H21NO2/c1-3-5-10-6-7-12-9-8-11-4-2/h10H,3-9H2,1-2H3. The fourth-order valence-electron chi connectivity index (χ4n) is 0.810. The molecule has 0 radical (unpaired) electrons. The molecular weight excluding hydrogens is 154 g/mol. The molecular formula is C9H21NO2. The van der Waals surface area contributed by atoms with Gasteiger partial charge in [0.25, 0.3) is 0 Å². The third kappa shape index (κ3) is 9.88. The SMILES string of the molecule is CCCNCCOCCOCC. The van der Waals surface area contributed by atoms with E-state index in [2.05, 4.69) is 12.2 Å². The molecule has 0 heterocycles. The van der Waals surface area contributed by atoms with Crippen LogP contribution in [0.2, 0.25) is 0 Å². The van der Waals surface area contributed by atoms with E-state index in [-0.39, 0.29) is 0 Å². The largest absolute Gasteiger partial charge is 0.379 e.